The number of likely N-dealkylation sites (tertiary alicyclic amines) is 1. The molecule has 1 N–H and O–H groups in total. The maximum Gasteiger partial charge on any atom is 0.272 e. The van der Waals surface area contributed by atoms with Crippen LogP contribution in [0, 0.1) is 5.92 Å². The Morgan fingerprint density at radius 2 is 2.04 bits per heavy atom. The van der Waals surface area contributed by atoms with Crippen LogP contribution in [0.1, 0.15) is 73.8 Å². The summed E-state index contributed by atoms with van der Waals surface area (Å²) in [5, 5.41) is 14.0. The maximum absolute atomic E-state index is 13.4. The Morgan fingerprint density at radius 1 is 1.32 bits per heavy atom. The third kappa shape index (κ3) is 2.61. The number of aliphatic hydroxyl groups excluding tert-OH is 1. The Hall–Kier alpha value is -1.40. The number of carbonyl (C=O) groups excluding carboxylic acids is 1. The minimum absolute atomic E-state index is 0.0162. The molecule has 138 valence electrons. The van der Waals surface area contributed by atoms with Crippen LogP contribution in [-0.2, 0) is 18.2 Å². The number of hydrogen-bond acceptors (Lipinski definition) is 4. The summed E-state index contributed by atoms with van der Waals surface area (Å²) in [5.74, 6) is 0.540. The first-order chi connectivity index (χ1) is 11.9. The van der Waals surface area contributed by atoms with Gasteiger partial charge in [0.2, 0.25) is 0 Å². The van der Waals surface area contributed by atoms with Crippen LogP contribution in [0.15, 0.2) is 0 Å². The molecule has 0 unspecified atom stereocenters. The average molecular weight is 347 g/mol. The Bertz CT molecular complexity index is 676. The molecule has 2 atom stereocenters. The minimum Gasteiger partial charge on any atom is -0.396 e. The fourth-order valence-electron chi connectivity index (χ4n) is 5.03. The van der Waals surface area contributed by atoms with E-state index in [0.29, 0.717) is 5.92 Å². The molecule has 4 rings (SSSR count). The van der Waals surface area contributed by atoms with E-state index in [1.165, 1.54) is 0 Å². The van der Waals surface area contributed by atoms with Crippen molar-refractivity contribution in [3.8, 4) is 0 Å². The van der Waals surface area contributed by atoms with E-state index >= 15 is 0 Å². The van der Waals surface area contributed by atoms with Gasteiger partial charge in [-0.25, -0.2) is 0 Å². The second-order valence-electron chi connectivity index (χ2n) is 8.19. The molecule has 0 aromatic carbocycles. The van der Waals surface area contributed by atoms with Crippen LogP contribution < -0.4 is 0 Å². The first-order valence-electron chi connectivity index (χ1n) is 9.59. The van der Waals surface area contributed by atoms with Crippen LogP contribution in [-0.4, -0.2) is 50.5 Å². The van der Waals surface area contributed by atoms with Gasteiger partial charge in [-0.05, 0) is 51.9 Å². The molecule has 1 spiro atoms. The van der Waals surface area contributed by atoms with Crippen molar-refractivity contribution < 1.29 is 14.6 Å². The van der Waals surface area contributed by atoms with Gasteiger partial charge in [0.1, 0.15) is 5.69 Å². The highest BCUT2D eigenvalue weighted by Crippen LogP contribution is 2.46. The van der Waals surface area contributed by atoms with Gasteiger partial charge in [0.05, 0.1) is 17.9 Å². The Kier molecular flexibility index (Phi) is 4.15. The van der Waals surface area contributed by atoms with Gasteiger partial charge in [0.15, 0.2) is 0 Å². The number of aliphatic hydroxyl groups is 1. The third-order valence-electron chi connectivity index (χ3n) is 6.60. The average Bonchev–Trinajstić information content (AvgIpc) is 2.90. The molecule has 1 aliphatic carbocycles. The molecule has 3 aliphatic rings. The second kappa shape index (κ2) is 6.09. The summed E-state index contributed by atoms with van der Waals surface area (Å²) in [6, 6.07) is 0. The highest BCUT2D eigenvalue weighted by atomic mass is 16.5. The highest BCUT2D eigenvalue weighted by Gasteiger charge is 2.50. The molecule has 1 saturated carbocycles. The summed E-state index contributed by atoms with van der Waals surface area (Å²) in [4.78, 5) is 15.5. The van der Waals surface area contributed by atoms with Crippen molar-refractivity contribution in [2.75, 3.05) is 13.2 Å². The van der Waals surface area contributed by atoms with Gasteiger partial charge in [0.25, 0.3) is 5.91 Å². The quantitative estimate of drug-likeness (QED) is 0.891. The summed E-state index contributed by atoms with van der Waals surface area (Å²) in [7, 11) is 1.87. The number of fused-ring (bicyclic) bond motifs is 1. The van der Waals surface area contributed by atoms with E-state index in [0.717, 1.165) is 62.0 Å². The monoisotopic (exact) mass is 347 g/mol. The molecule has 3 heterocycles. The second-order valence-corrected chi connectivity index (χ2v) is 8.19. The first kappa shape index (κ1) is 17.0. The van der Waals surface area contributed by atoms with Gasteiger partial charge in [-0.1, -0.05) is 0 Å². The molecule has 1 aromatic rings. The van der Waals surface area contributed by atoms with Gasteiger partial charge in [0, 0.05) is 37.7 Å². The zero-order valence-corrected chi connectivity index (χ0v) is 15.5. The van der Waals surface area contributed by atoms with E-state index in [1.54, 1.807) is 4.68 Å². The number of amides is 1. The van der Waals surface area contributed by atoms with Crippen molar-refractivity contribution in [1.29, 1.82) is 0 Å². The normalized spacial score (nSPS) is 34.7. The van der Waals surface area contributed by atoms with Crippen molar-refractivity contribution in [2.45, 2.75) is 70.1 Å². The third-order valence-corrected chi connectivity index (χ3v) is 6.60. The Labute approximate surface area is 149 Å². The number of aromatic nitrogens is 2. The van der Waals surface area contributed by atoms with Crippen LogP contribution in [0.25, 0.3) is 0 Å². The van der Waals surface area contributed by atoms with Crippen molar-refractivity contribution in [1.82, 2.24) is 14.7 Å². The summed E-state index contributed by atoms with van der Waals surface area (Å²) in [5.41, 5.74) is 2.76. The molecular formula is C19H29N3O3. The van der Waals surface area contributed by atoms with Crippen LogP contribution in [0.4, 0.5) is 0 Å². The number of ether oxygens (including phenoxy) is 1. The van der Waals surface area contributed by atoms with Crippen molar-refractivity contribution >= 4 is 5.91 Å². The Morgan fingerprint density at radius 3 is 2.64 bits per heavy atom. The van der Waals surface area contributed by atoms with Crippen LogP contribution >= 0.6 is 0 Å². The zero-order chi connectivity index (χ0) is 17.8. The molecule has 2 aliphatic heterocycles. The molecule has 1 aromatic heterocycles. The summed E-state index contributed by atoms with van der Waals surface area (Å²) in [6.45, 7) is 5.18. The van der Waals surface area contributed by atoms with E-state index in [-0.39, 0.29) is 30.3 Å². The number of carbonyl (C=O) groups is 1. The van der Waals surface area contributed by atoms with E-state index in [4.69, 9.17) is 4.74 Å². The molecular weight excluding hydrogens is 318 g/mol. The summed E-state index contributed by atoms with van der Waals surface area (Å²) >= 11 is 0. The van der Waals surface area contributed by atoms with Crippen LogP contribution in [0.2, 0.25) is 0 Å². The number of hydrogen-bond donors (Lipinski definition) is 1. The van der Waals surface area contributed by atoms with Crippen molar-refractivity contribution in [3.05, 3.63) is 17.0 Å². The standard InChI is InChI=1S/C19H29N3O3/c1-12-10-15-16(13(2)25-12)20-21(3)17(15)18(24)22-9-8-19(22)6-4-14(11-23)5-7-19/h12-14,23H,4-11H2,1-3H3/t12-,13+,14?,19?/m1/s1. The maximum atomic E-state index is 13.4. The zero-order valence-electron chi connectivity index (χ0n) is 15.5. The molecule has 0 radical (unpaired) electrons. The SMILES string of the molecule is C[C@@H]1Cc2c(nn(C)c2C(=O)N2CCC23CCC(CO)CC3)[C@H](C)O1. The number of rotatable bonds is 2. The molecule has 25 heavy (non-hydrogen) atoms. The van der Waals surface area contributed by atoms with Crippen molar-refractivity contribution in [3.63, 3.8) is 0 Å². The lowest BCUT2D eigenvalue weighted by atomic mass is 9.69. The van der Waals surface area contributed by atoms with Gasteiger partial charge in [-0.3, -0.25) is 9.48 Å². The lowest BCUT2D eigenvalue weighted by Crippen LogP contribution is -2.63. The van der Waals surface area contributed by atoms with Crippen LogP contribution in [0.5, 0.6) is 0 Å². The summed E-state index contributed by atoms with van der Waals surface area (Å²) < 4.78 is 7.63. The molecule has 1 saturated heterocycles. The fourth-order valence-corrected chi connectivity index (χ4v) is 5.03. The van der Waals surface area contributed by atoms with Crippen LogP contribution in [0.3, 0.4) is 0 Å². The highest BCUT2D eigenvalue weighted by molar-refractivity contribution is 5.95. The van der Waals surface area contributed by atoms with Gasteiger partial charge < -0.3 is 14.7 Å². The van der Waals surface area contributed by atoms with Gasteiger partial charge >= 0.3 is 0 Å². The minimum atomic E-state index is -0.0585. The van der Waals surface area contributed by atoms with Crippen molar-refractivity contribution in [2.24, 2.45) is 13.0 Å². The predicted molar refractivity (Wildman–Crippen MR) is 93.3 cm³/mol. The molecule has 2 fully saturated rings. The molecule has 0 bridgehead atoms. The van der Waals surface area contributed by atoms with E-state index in [9.17, 15) is 9.90 Å². The van der Waals surface area contributed by atoms with E-state index in [2.05, 4.69) is 16.9 Å². The first-order valence-corrected chi connectivity index (χ1v) is 9.59. The number of aryl methyl sites for hydroxylation is 1. The van der Waals surface area contributed by atoms with E-state index < -0.39 is 0 Å². The smallest absolute Gasteiger partial charge is 0.272 e. The summed E-state index contributed by atoms with van der Waals surface area (Å²) in [6.07, 6.45) is 5.96. The lowest BCUT2D eigenvalue weighted by Gasteiger charge is -2.56. The van der Waals surface area contributed by atoms with Gasteiger partial charge in [-0.2, -0.15) is 5.10 Å². The predicted octanol–water partition coefficient (Wildman–Crippen LogP) is 2.21. The lowest BCUT2D eigenvalue weighted by molar-refractivity contribution is -0.0363. The Balaban J connectivity index is 1.60. The molecule has 6 heteroatoms. The number of nitrogens with zero attached hydrogens (tertiary/aromatic N) is 3. The fraction of sp³-hybridized carbons (Fsp3) is 0.789. The molecule has 1 amide bonds. The largest absolute Gasteiger partial charge is 0.396 e. The van der Waals surface area contributed by atoms with Gasteiger partial charge in [-0.15, -0.1) is 0 Å². The topological polar surface area (TPSA) is 67.6 Å². The molecule has 6 nitrogen and oxygen atoms in total. The van der Waals surface area contributed by atoms with E-state index in [1.807, 2.05) is 14.0 Å².